The molecule has 0 aliphatic carbocycles. The number of rotatable bonds is 3. The number of benzene rings is 1. The van der Waals surface area contributed by atoms with Crippen molar-refractivity contribution in [3.8, 4) is 0 Å². The number of alkyl halides is 3. The molecule has 1 aliphatic heterocycles. The van der Waals surface area contributed by atoms with Gasteiger partial charge in [-0.05, 0) is 29.8 Å². The zero-order valence-corrected chi connectivity index (χ0v) is 16.8. The topological polar surface area (TPSA) is 59.8 Å². The third-order valence-electron chi connectivity index (χ3n) is 4.11. The number of aromatic nitrogens is 3. The van der Waals surface area contributed by atoms with E-state index in [9.17, 15) is 18.0 Å². The predicted octanol–water partition coefficient (Wildman–Crippen LogP) is 5.47. The fourth-order valence-corrected chi connectivity index (χ4v) is 4.21. The first kappa shape index (κ1) is 19.2. The average Bonchev–Trinajstić information content (AvgIpc) is 3.28. The van der Waals surface area contributed by atoms with Crippen molar-refractivity contribution in [3.05, 3.63) is 73.2 Å². The number of nitrogens with one attached hydrogen (secondary N) is 1. The fraction of sp³-hybridized carbons (Fsp3) is 0.118. The number of halogens is 5. The van der Waals surface area contributed by atoms with Crippen molar-refractivity contribution < 1.29 is 18.0 Å². The largest absolute Gasteiger partial charge is 0.431 e. The lowest BCUT2D eigenvalue weighted by Gasteiger charge is -2.30. The molecule has 1 atom stereocenters. The molecule has 4 rings (SSSR count). The fourth-order valence-electron chi connectivity index (χ4n) is 2.95. The molecule has 0 radical (unpaired) electrons. The molecule has 2 aromatic heterocycles. The first-order chi connectivity index (χ1) is 13.3. The SMILES string of the molecule is O=C(C1=C(C(F)(F)F)Nc2ncnn2[C@H]1c1ccc(Br)cc1)c1ccc(Cl)s1. The Hall–Kier alpha value is -2.17. The van der Waals surface area contributed by atoms with E-state index in [0.717, 1.165) is 22.1 Å². The molecule has 0 spiro atoms. The molecule has 0 fully saturated rings. The Morgan fingerprint density at radius 2 is 1.93 bits per heavy atom. The van der Waals surface area contributed by atoms with E-state index < -0.39 is 29.3 Å². The van der Waals surface area contributed by atoms with E-state index in [-0.39, 0.29) is 10.8 Å². The second kappa shape index (κ2) is 7.02. The van der Waals surface area contributed by atoms with Crippen LogP contribution in [0.4, 0.5) is 19.1 Å². The van der Waals surface area contributed by atoms with Crippen molar-refractivity contribution in [3.63, 3.8) is 0 Å². The van der Waals surface area contributed by atoms with E-state index >= 15 is 0 Å². The lowest BCUT2D eigenvalue weighted by Crippen LogP contribution is -2.35. The summed E-state index contributed by atoms with van der Waals surface area (Å²) in [5.74, 6) is -0.869. The highest BCUT2D eigenvalue weighted by atomic mass is 79.9. The summed E-state index contributed by atoms with van der Waals surface area (Å²) in [4.78, 5) is 17.1. The smallest absolute Gasteiger partial charge is 0.320 e. The summed E-state index contributed by atoms with van der Waals surface area (Å²) in [5.41, 5.74) is -1.16. The van der Waals surface area contributed by atoms with Crippen LogP contribution in [-0.4, -0.2) is 26.7 Å². The highest BCUT2D eigenvalue weighted by Gasteiger charge is 2.46. The number of anilines is 1. The van der Waals surface area contributed by atoms with Gasteiger partial charge in [-0.1, -0.05) is 39.7 Å². The van der Waals surface area contributed by atoms with Crippen molar-refractivity contribution in [1.82, 2.24) is 14.8 Å². The predicted molar refractivity (Wildman–Crippen MR) is 103 cm³/mol. The molecule has 3 heterocycles. The maximum Gasteiger partial charge on any atom is 0.431 e. The van der Waals surface area contributed by atoms with Crippen molar-refractivity contribution in [2.24, 2.45) is 0 Å². The van der Waals surface area contributed by atoms with Crippen LogP contribution in [0.15, 0.2) is 58.5 Å². The highest BCUT2D eigenvalue weighted by Crippen LogP contribution is 2.42. The Morgan fingerprint density at radius 1 is 1.21 bits per heavy atom. The minimum absolute atomic E-state index is 0.0963. The second-order valence-electron chi connectivity index (χ2n) is 5.83. The van der Waals surface area contributed by atoms with Crippen molar-refractivity contribution in [2.75, 3.05) is 5.32 Å². The van der Waals surface area contributed by atoms with Gasteiger partial charge in [-0.25, -0.2) is 4.68 Å². The van der Waals surface area contributed by atoms with Gasteiger partial charge in [0.1, 0.15) is 18.1 Å². The minimum atomic E-state index is -4.79. The maximum atomic E-state index is 13.9. The number of nitrogens with zero attached hydrogens (tertiary/aromatic N) is 3. The Balaban J connectivity index is 1.97. The van der Waals surface area contributed by atoms with Crippen LogP contribution >= 0.6 is 38.9 Å². The van der Waals surface area contributed by atoms with Crippen molar-refractivity contribution in [1.29, 1.82) is 0 Å². The van der Waals surface area contributed by atoms with Crippen LogP contribution in [0.5, 0.6) is 0 Å². The summed E-state index contributed by atoms with van der Waals surface area (Å²) in [6.07, 6.45) is -3.66. The molecule has 0 saturated carbocycles. The van der Waals surface area contributed by atoms with Gasteiger partial charge in [0.2, 0.25) is 11.7 Å². The summed E-state index contributed by atoms with van der Waals surface area (Å²) in [6, 6.07) is 8.42. The van der Waals surface area contributed by atoms with Crippen LogP contribution in [0.1, 0.15) is 21.3 Å². The quantitative estimate of drug-likeness (QED) is 0.496. The monoisotopic (exact) mass is 488 g/mol. The third-order valence-corrected chi connectivity index (χ3v) is 5.87. The van der Waals surface area contributed by atoms with Gasteiger partial charge >= 0.3 is 6.18 Å². The number of thiophene rings is 1. The molecule has 1 N–H and O–H groups in total. The maximum absolute atomic E-state index is 13.9. The molecule has 0 unspecified atom stereocenters. The molecular formula is C17H9BrClF3N4OS. The van der Waals surface area contributed by atoms with Crippen LogP contribution in [0.3, 0.4) is 0 Å². The Bertz CT molecular complexity index is 1090. The zero-order valence-electron chi connectivity index (χ0n) is 13.7. The molecule has 144 valence electrons. The van der Waals surface area contributed by atoms with E-state index in [0.29, 0.717) is 9.90 Å². The van der Waals surface area contributed by atoms with Gasteiger partial charge in [0, 0.05) is 4.47 Å². The molecule has 3 aromatic rings. The van der Waals surface area contributed by atoms with Gasteiger partial charge in [0.25, 0.3) is 0 Å². The lowest BCUT2D eigenvalue weighted by molar-refractivity contribution is -0.0918. The van der Waals surface area contributed by atoms with Crippen LogP contribution in [0, 0.1) is 0 Å². The number of allylic oxidation sites excluding steroid dienone is 2. The van der Waals surface area contributed by atoms with Crippen LogP contribution in [-0.2, 0) is 0 Å². The number of Topliss-reactive ketones (excluding diaryl/α,β-unsaturated/α-hetero) is 1. The minimum Gasteiger partial charge on any atom is -0.320 e. The number of carbonyl (C=O) groups is 1. The summed E-state index contributed by atoms with van der Waals surface area (Å²) < 4.78 is 43.9. The van der Waals surface area contributed by atoms with E-state index in [2.05, 4.69) is 31.3 Å². The van der Waals surface area contributed by atoms with Gasteiger partial charge in [-0.3, -0.25) is 4.79 Å². The van der Waals surface area contributed by atoms with E-state index in [1.54, 1.807) is 24.3 Å². The summed E-state index contributed by atoms with van der Waals surface area (Å²) >= 11 is 10.1. The molecule has 0 bridgehead atoms. The van der Waals surface area contributed by atoms with E-state index in [4.69, 9.17) is 11.6 Å². The number of carbonyl (C=O) groups excluding carboxylic acids is 1. The Morgan fingerprint density at radius 3 is 2.54 bits per heavy atom. The summed E-state index contributed by atoms with van der Waals surface area (Å²) in [5, 5.41) is 6.26. The summed E-state index contributed by atoms with van der Waals surface area (Å²) in [7, 11) is 0. The molecule has 11 heteroatoms. The van der Waals surface area contributed by atoms with Gasteiger partial charge in [-0.2, -0.15) is 23.3 Å². The third kappa shape index (κ3) is 3.36. The first-order valence-corrected chi connectivity index (χ1v) is 9.78. The second-order valence-corrected chi connectivity index (χ2v) is 8.46. The Labute approximate surface area is 174 Å². The van der Waals surface area contributed by atoms with Gasteiger partial charge in [0.15, 0.2) is 0 Å². The van der Waals surface area contributed by atoms with Crippen LogP contribution in [0.25, 0.3) is 0 Å². The number of fused-ring (bicyclic) bond motifs is 1. The van der Waals surface area contributed by atoms with E-state index in [1.807, 2.05) is 0 Å². The van der Waals surface area contributed by atoms with Crippen LogP contribution in [0.2, 0.25) is 4.34 Å². The van der Waals surface area contributed by atoms with Gasteiger partial charge in [0.05, 0.1) is 14.8 Å². The van der Waals surface area contributed by atoms with E-state index in [1.165, 1.54) is 16.8 Å². The molecule has 1 aliphatic rings. The lowest BCUT2D eigenvalue weighted by atomic mass is 9.91. The van der Waals surface area contributed by atoms with Crippen molar-refractivity contribution >= 4 is 50.6 Å². The molecular weight excluding hydrogens is 481 g/mol. The van der Waals surface area contributed by atoms with Gasteiger partial charge < -0.3 is 5.32 Å². The molecule has 0 amide bonds. The first-order valence-electron chi connectivity index (χ1n) is 7.79. The zero-order chi connectivity index (χ0) is 20.1. The molecule has 5 nitrogen and oxygen atoms in total. The number of hydrogen-bond acceptors (Lipinski definition) is 5. The number of ketones is 1. The highest BCUT2D eigenvalue weighted by molar-refractivity contribution is 9.10. The molecule has 1 aromatic carbocycles. The average molecular weight is 490 g/mol. The standard InChI is InChI=1S/C17H9BrClF3N4OS/c18-9-3-1-8(2-4-9)13-12(14(27)10-5-6-11(19)28-10)15(17(20,21)22)25-16-23-7-24-26(13)16/h1-7,13H,(H,23,24,25)/t13-/m0/s1. The summed E-state index contributed by atoms with van der Waals surface area (Å²) in [6.45, 7) is 0. The van der Waals surface area contributed by atoms with Crippen molar-refractivity contribution in [2.45, 2.75) is 12.2 Å². The van der Waals surface area contributed by atoms with Crippen LogP contribution < -0.4 is 5.32 Å². The Kier molecular flexibility index (Phi) is 4.80. The molecule has 28 heavy (non-hydrogen) atoms. The molecule has 0 saturated heterocycles. The number of hydrogen-bond donors (Lipinski definition) is 1. The normalized spacial score (nSPS) is 16.7. The van der Waals surface area contributed by atoms with Gasteiger partial charge in [-0.15, -0.1) is 11.3 Å².